The standard InChI is InChI=1S/C25H19F2NO4S/c1-31-21-4-2-3-18(23(21)32-15-17-7-11-20(27)12-8-17)13-22-24(29)28(25(30)33-22)14-16-5-9-19(26)10-6-16/h2-13H,14-15H2,1H3/b22-13-. The summed E-state index contributed by atoms with van der Waals surface area (Å²) in [6.07, 6.45) is 1.58. The van der Waals surface area contributed by atoms with Crippen molar-refractivity contribution >= 4 is 29.0 Å². The highest BCUT2D eigenvalue weighted by atomic mass is 32.2. The first kappa shape index (κ1) is 22.5. The van der Waals surface area contributed by atoms with Gasteiger partial charge in [0.1, 0.15) is 18.2 Å². The Balaban J connectivity index is 1.57. The third-order valence-corrected chi connectivity index (χ3v) is 5.85. The third-order valence-electron chi connectivity index (χ3n) is 4.94. The number of ether oxygens (including phenoxy) is 2. The first-order chi connectivity index (χ1) is 15.9. The number of carbonyl (C=O) groups is 2. The molecule has 33 heavy (non-hydrogen) atoms. The zero-order valence-corrected chi connectivity index (χ0v) is 18.4. The van der Waals surface area contributed by atoms with Crippen LogP contribution in [-0.4, -0.2) is 23.2 Å². The summed E-state index contributed by atoms with van der Waals surface area (Å²) in [6, 6.07) is 16.8. The summed E-state index contributed by atoms with van der Waals surface area (Å²) in [5, 5.41) is -0.410. The number of hydrogen-bond acceptors (Lipinski definition) is 5. The van der Waals surface area contributed by atoms with Crippen molar-refractivity contribution in [2.24, 2.45) is 0 Å². The first-order valence-electron chi connectivity index (χ1n) is 9.98. The number of nitrogens with zero attached hydrogens (tertiary/aromatic N) is 1. The molecule has 2 amide bonds. The average molecular weight is 467 g/mol. The molecule has 0 aliphatic carbocycles. The van der Waals surface area contributed by atoms with E-state index in [0.717, 1.165) is 22.2 Å². The lowest BCUT2D eigenvalue weighted by Crippen LogP contribution is -2.27. The summed E-state index contributed by atoms with van der Waals surface area (Å²) in [5.41, 5.74) is 1.96. The van der Waals surface area contributed by atoms with Gasteiger partial charge in [-0.2, -0.15) is 0 Å². The van der Waals surface area contributed by atoms with Gasteiger partial charge in [0, 0.05) is 5.56 Å². The van der Waals surface area contributed by atoms with Crippen LogP contribution < -0.4 is 9.47 Å². The van der Waals surface area contributed by atoms with Crippen molar-refractivity contribution in [2.75, 3.05) is 7.11 Å². The summed E-state index contributed by atoms with van der Waals surface area (Å²) >= 11 is 0.824. The Kier molecular flexibility index (Phi) is 6.74. The number of para-hydroxylation sites is 1. The van der Waals surface area contributed by atoms with Crippen LogP contribution in [0.4, 0.5) is 13.6 Å². The molecule has 0 atom stereocenters. The summed E-state index contributed by atoms with van der Waals surface area (Å²) in [5.74, 6) is -0.320. The van der Waals surface area contributed by atoms with E-state index in [9.17, 15) is 18.4 Å². The van der Waals surface area contributed by atoms with Gasteiger partial charge in [-0.15, -0.1) is 0 Å². The summed E-state index contributed by atoms with van der Waals surface area (Å²) in [4.78, 5) is 26.7. The molecule has 0 aromatic heterocycles. The zero-order chi connectivity index (χ0) is 23.4. The minimum Gasteiger partial charge on any atom is -0.493 e. The molecule has 4 rings (SSSR count). The fourth-order valence-electron chi connectivity index (χ4n) is 3.25. The second kappa shape index (κ2) is 9.87. The number of carbonyl (C=O) groups excluding carboxylic acids is 2. The quantitative estimate of drug-likeness (QED) is 0.412. The molecule has 0 radical (unpaired) electrons. The van der Waals surface area contributed by atoms with Gasteiger partial charge in [-0.25, -0.2) is 8.78 Å². The molecule has 0 spiro atoms. The smallest absolute Gasteiger partial charge is 0.293 e. The number of halogens is 2. The van der Waals surface area contributed by atoms with Gasteiger partial charge in [-0.3, -0.25) is 14.5 Å². The fraction of sp³-hybridized carbons (Fsp3) is 0.120. The molecule has 0 N–H and O–H groups in total. The topological polar surface area (TPSA) is 55.8 Å². The molecule has 1 aliphatic rings. The van der Waals surface area contributed by atoms with Crippen molar-refractivity contribution in [3.63, 3.8) is 0 Å². The van der Waals surface area contributed by atoms with Crippen molar-refractivity contribution in [2.45, 2.75) is 13.2 Å². The predicted octanol–water partition coefficient (Wildman–Crippen LogP) is 5.79. The Bertz CT molecular complexity index is 1210. The molecular formula is C25H19F2NO4S. The van der Waals surface area contributed by atoms with Gasteiger partial charge >= 0.3 is 0 Å². The second-order valence-electron chi connectivity index (χ2n) is 7.19. The third kappa shape index (κ3) is 5.23. The van der Waals surface area contributed by atoms with Crippen molar-refractivity contribution in [1.82, 2.24) is 4.90 Å². The van der Waals surface area contributed by atoms with E-state index >= 15 is 0 Å². The molecule has 0 bridgehead atoms. The van der Waals surface area contributed by atoms with Crippen LogP contribution in [0, 0.1) is 11.6 Å². The maximum absolute atomic E-state index is 13.2. The number of hydrogen-bond donors (Lipinski definition) is 0. The first-order valence-corrected chi connectivity index (χ1v) is 10.8. The Labute approximate surface area is 193 Å². The van der Waals surface area contributed by atoms with Crippen LogP contribution >= 0.6 is 11.8 Å². The molecular weight excluding hydrogens is 448 g/mol. The van der Waals surface area contributed by atoms with E-state index in [1.54, 1.807) is 36.4 Å². The molecule has 168 valence electrons. The maximum Gasteiger partial charge on any atom is 0.293 e. The number of thioether (sulfide) groups is 1. The number of benzene rings is 3. The SMILES string of the molecule is COc1cccc(/C=C2\SC(=O)N(Cc3ccc(F)cc3)C2=O)c1OCc1ccc(F)cc1. The minimum absolute atomic E-state index is 0.0499. The van der Waals surface area contributed by atoms with Gasteiger partial charge in [0.05, 0.1) is 18.6 Å². The average Bonchev–Trinajstić information content (AvgIpc) is 3.07. The van der Waals surface area contributed by atoms with Crippen LogP contribution in [0.15, 0.2) is 71.6 Å². The van der Waals surface area contributed by atoms with Crippen LogP contribution in [0.25, 0.3) is 6.08 Å². The van der Waals surface area contributed by atoms with E-state index in [1.807, 2.05) is 0 Å². The predicted molar refractivity (Wildman–Crippen MR) is 122 cm³/mol. The summed E-state index contributed by atoms with van der Waals surface area (Å²) < 4.78 is 37.7. The lowest BCUT2D eigenvalue weighted by atomic mass is 10.1. The summed E-state index contributed by atoms with van der Waals surface area (Å²) in [7, 11) is 1.50. The van der Waals surface area contributed by atoms with Crippen LogP contribution in [0.2, 0.25) is 0 Å². The van der Waals surface area contributed by atoms with Gasteiger partial charge in [0.15, 0.2) is 11.5 Å². The van der Waals surface area contributed by atoms with E-state index < -0.39 is 11.1 Å². The highest BCUT2D eigenvalue weighted by Crippen LogP contribution is 2.38. The van der Waals surface area contributed by atoms with E-state index in [1.165, 1.54) is 43.5 Å². The number of methoxy groups -OCH3 is 1. The Morgan fingerprint density at radius 1 is 0.909 bits per heavy atom. The lowest BCUT2D eigenvalue weighted by molar-refractivity contribution is -0.123. The van der Waals surface area contributed by atoms with Gasteiger partial charge in [-0.1, -0.05) is 36.4 Å². The molecule has 8 heteroatoms. The highest BCUT2D eigenvalue weighted by Gasteiger charge is 2.35. The van der Waals surface area contributed by atoms with E-state index in [4.69, 9.17) is 9.47 Å². The van der Waals surface area contributed by atoms with Crippen molar-refractivity contribution in [3.8, 4) is 11.5 Å². The number of imide groups is 1. The number of rotatable bonds is 7. The van der Waals surface area contributed by atoms with Crippen LogP contribution in [0.3, 0.4) is 0 Å². The van der Waals surface area contributed by atoms with Crippen LogP contribution in [0.5, 0.6) is 11.5 Å². The molecule has 3 aromatic rings. The molecule has 1 heterocycles. The Morgan fingerprint density at radius 2 is 1.55 bits per heavy atom. The Morgan fingerprint density at radius 3 is 2.18 bits per heavy atom. The largest absolute Gasteiger partial charge is 0.493 e. The van der Waals surface area contributed by atoms with Crippen LogP contribution in [0.1, 0.15) is 16.7 Å². The van der Waals surface area contributed by atoms with E-state index in [-0.39, 0.29) is 29.7 Å². The van der Waals surface area contributed by atoms with Crippen molar-refractivity contribution in [3.05, 3.63) is 100.0 Å². The van der Waals surface area contributed by atoms with Crippen molar-refractivity contribution < 1.29 is 27.8 Å². The van der Waals surface area contributed by atoms with Gasteiger partial charge in [0.2, 0.25) is 0 Å². The minimum atomic E-state index is -0.443. The molecule has 0 saturated carbocycles. The van der Waals surface area contributed by atoms with Crippen molar-refractivity contribution in [1.29, 1.82) is 0 Å². The lowest BCUT2D eigenvalue weighted by Gasteiger charge is -2.14. The second-order valence-corrected chi connectivity index (χ2v) is 8.18. The molecule has 1 fully saturated rings. The monoisotopic (exact) mass is 467 g/mol. The molecule has 5 nitrogen and oxygen atoms in total. The van der Waals surface area contributed by atoms with Gasteiger partial charge < -0.3 is 9.47 Å². The van der Waals surface area contributed by atoms with E-state index in [2.05, 4.69) is 0 Å². The highest BCUT2D eigenvalue weighted by molar-refractivity contribution is 8.18. The van der Waals surface area contributed by atoms with Gasteiger partial charge in [0.25, 0.3) is 11.1 Å². The zero-order valence-electron chi connectivity index (χ0n) is 17.6. The van der Waals surface area contributed by atoms with Crippen LogP contribution in [-0.2, 0) is 17.9 Å². The molecule has 1 saturated heterocycles. The fourth-order valence-corrected chi connectivity index (χ4v) is 4.08. The molecule has 1 aliphatic heterocycles. The normalized spacial score (nSPS) is 14.8. The maximum atomic E-state index is 13.2. The van der Waals surface area contributed by atoms with Gasteiger partial charge in [-0.05, 0) is 59.3 Å². The number of amides is 2. The van der Waals surface area contributed by atoms with E-state index in [0.29, 0.717) is 22.6 Å². The molecule has 0 unspecified atom stereocenters. The Hall–Kier alpha value is -3.65. The molecule has 3 aromatic carbocycles. The summed E-state index contributed by atoms with van der Waals surface area (Å²) in [6.45, 7) is 0.210.